The highest BCUT2D eigenvalue weighted by atomic mass is 16.5. The van der Waals surface area contributed by atoms with Crippen LogP contribution in [0.15, 0.2) is 71.1 Å². The van der Waals surface area contributed by atoms with Gasteiger partial charge in [-0.15, -0.1) is 5.10 Å². The van der Waals surface area contributed by atoms with Crippen LogP contribution in [0.4, 0.5) is 11.7 Å². The van der Waals surface area contributed by atoms with E-state index in [2.05, 4.69) is 20.8 Å². The molecule has 0 aliphatic rings. The van der Waals surface area contributed by atoms with Gasteiger partial charge in [0.25, 0.3) is 11.8 Å². The highest BCUT2D eigenvalue weighted by Gasteiger charge is 2.15. The second-order valence-electron chi connectivity index (χ2n) is 7.66. The first-order chi connectivity index (χ1) is 18.0. The zero-order valence-electron chi connectivity index (χ0n) is 20.6. The van der Waals surface area contributed by atoms with Crippen molar-refractivity contribution in [3.05, 3.63) is 77.9 Å². The first-order valence-electron chi connectivity index (χ1n) is 11.6. The molecule has 4 aromatic rings. The van der Waals surface area contributed by atoms with Crippen molar-refractivity contribution < 1.29 is 28.2 Å². The number of hydrogen-bond acceptors (Lipinski definition) is 8. The number of nitrogens with zero attached hydrogens (tertiary/aromatic N) is 2. The minimum atomic E-state index is -0.472. The molecule has 4 rings (SSSR count). The Bertz CT molecular complexity index is 1380. The minimum Gasteiger partial charge on any atom is -0.497 e. The molecule has 0 spiro atoms. The molecule has 2 amide bonds. The van der Waals surface area contributed by atoms with E-state index < -0.39 is 5.91 Å². The molecular weight excluding hydrogens is 476 g/mol. The largest absolute Gasteiger partial charge is 0.497 e. The molecule has 0 radical (unpaired) electrons. The van der Waals surface area contributed by atoms with E-state index in [9.17, 15) is 9.59 Å². The SMILES string of the molecule is CCOc1ccc(C(=O)Nc2cccc(C(=O)Nc3nnc(-c4ccc(OC)cc4)o3)c2)cc1OCC. The van der Waals surface area contributed by atoms with Crippen LogP contribution < -0.4 is 24.8 Å². The molecule has 0 aliphatic carbocycles. The summed E-state index contributed by atoms with van der Waals surface area (Å²) in [6.07, 6.45) is 0. The lowest BCUT2D eigenvalue weighted by Gasteiger charge is -2.12. The maximum absolute atomic E-state index is 12.8. The molecule has 0 atom stereocenters. The smallest absolute Gasteiger partial charge is 0.322 e. The molecule has 3 aromatic carbocycles. The third-order valence-corrected chi connectivity index (χ3v) is 5.17. The fourth-order valence-electron chi connectivity index (χ4n) is 3.43. The Balaban J connectivity index is 1.43. The number of aromatic nitrogens is 2. The second kappa shape index (κ2) is 11.7. The Morgan fingerprint density at radius 3 is 2.24 bits per heavy atom. The summed E-state index contributed by atoms with van der Waals surface area (Å²) in [4.78, 5) is 25.6. The molecule has 0 bridgehead atoms. The average molecular weight is 503 g/mol. The molecule has 0 unspecified atom stereocenters. The number of anilines is 2. The number of carbonyl (C=O) groups is 2. The Morgan fingerprint density at radius 2 is 1.51 bits per heavy atom. The molecule has 1 aromatic heterocycles. The molecule has 10 heteroatoms. The Labute approximate surface area is 213 Å². The van der Waals surface area contributed by atoms with Gasteiger partial charge < -0.3 is 23.9 Å². The number of hydrogen-bond donors (Lipinski definition) is 2. The van der Waals surface area contributed by atoms with Crippen LogP contribution in [-0.2, 0) is 0 Å². The van der Waals surface area contributed by atoms with Gasteiger partial charge in [0.05, 0.1) is 20.3 Å². The summed E-state index contributed by atoms with van der Waals surface area (Å²) >= 11 is 0. The third-order valence-electron chi connectivity index (χ3n) is 5.17. The van der Waals surface area contributed by atoms with E-state index in [0.29, 0.717) is 52.8 Å². The van der Waals surface area contributed by atoms with Crippen molar-refractivity contribution in [1.82, 2.24) is 10.2 Å². The van der Waals surface area contributed by atoms with Crippen LogP contribution in [0.5, 0.6) is 17.2 Å². The van der Waals surface area contributed by atoms with Crippen molar-refractivity contribution >= 4 is 23.5 Å². The Hall–Kier alpha value is -4.86. The van der Waals surface area contributed by atoms with Gasteiger partial charge in [-0.25, -0.2) is 0 Å². The van der Waals surface area contributed by atoms with Crippen LogP contribution >= 0.6 is 0 Å². The summed E-state index contributed by atoms with van der Waals surface area (Å²) in [6, 6.07) is 18.5. The number of methoxy groups -OCH3 is 1. The normalized spacial score (nSPS) is 10.5. The van der Waals surface area contributed by atoms with Gasteiger partial charge in [-0.1, -0.05) is 11.2 Å². The molecule has 0 fully saturated rings. The van der Waals surface area contributed by atoms with E-state index >= 15 is 0 Å². The first kappa shape index (κ1) is 25.2. The number of rotatable bonds is 10. The summed E-state index contributed by atoms with van der Waals surface area (Å²) in [5.41, 5.74) is 1.80. The molecule has 10 nitrogen and oxygen atoms in total. The molecule has 0 saturated carbocycles. The molecule has 190 valence electrons. The molecule has 37 heavy (non-hydrogen) atoms. The van der Waals surface area contributed by atoms with Crippen molar-refractivity contribution in [3.8, 4) is 28.7 Å². The summed E-state index contributed by atoms with van der Waals surface area (Å²) in [7, 11) is 1.58. The second-order valence-corrected chi connectivity index (χ2v) is 7.66. The zero-order valence-corrected chi connectivity index (χ0v) is 20.6. The van der Waals surface area contributed by atoms with Crippen LogP contribution in [0.3, 0.4) is 0 Å². The fourth-order valence-corrected chi connectivity index (χ4v) is 3.43. The lowest BCUT2D eigenvalue weighted by atomic mass is 10.1. The van der Waals surface area contributed by atoms with Crippen molar-refractivity contribution in [2.45, 2.75) is 13.8 Å². The summed E-state index contributed by atoms with van der Waals surface area (Å²) in [6.45, 7) is 4.64. The van der Waals surface area contributed by atoms with E-state index in [1.165, 1.54) is 0 Å². The van der Waals surface area contributed by atoms with Gasteiger partial charge in [-0.2, -0.15) is 0 Å². The maximum atomic E-state index is 12.8. The Morgan fingerprint density at radius 1 is 0.811 bits per heavy atom. The predicted octanol–water partition coefficient (Wildman–Crippen LogP) is 5.05. The van der Waals surface area contributed by atoms with E-state index in [0.717, 1.165) is 0 Å². The van der Waals surface area contributed by atoms with Gasteiger partial charge in [-0.05, 0) is 74.5 Å². The number of benzene rings is 3. The van der Waals surface area contributed by atoms with E-state index in [-0.39, 0.29) is 17.8 Å². The van der Waals surface area contributed by atoms with E-state index in [1.54, 1.807) is 73.8 Å². The number of ether oxygens (including phenoxy) is 3. The van der Waals surface area contributed by atoms with Crippen LogP contribution in [-0.4, -0.2) is 42.3 Å². The average Bonchev–Trinajstić information content (AvgIpc) is 3.38. The van der Waals surface area contributed by atoms with E-state index in [4.69, 9.17) is 18.6 Å². The van der Waals surface area contributed by atoms with Gasteiger partial charge in [0.15, 0.2) is 11.5 Å². The standard InChI is InChI=1S/C27H26N4O6/c1-4-35-22-14-11-19(16-23(22)36-5-2)24(32)28-20-8-6-7-18(15-20)25(33)29-27-31-30-26(37-27)17-9-12-21(34-3)13-10-17/h6-16H,4-5H2,1-3H3,(H,28,32)(H,29,31,33). The quantitative estimate of drug-likeness (QED) is 0.309. The van der Waals surface area contributed by atoms with Crippen molar-refractivity contribution in [2.75, 3.05) is 31.0 Å². The summed E-state index contributed by atoms with van der Waals surface area (Å²) < 4.78 is 21.8. The topological polar surface area (TPSA) is 125 Å². The highest BCUT2D eigenvalue weighted by Crippen LogP contribution is 2.29. The molecule has 1 heterocycles. The molecular formula is C27H26N4O6. The van der Waals surface area contributed by atoms with Crippen LogP contribution in [0.25, 0.3) is 11.5 Å². The molecule has 0 aliphatic heterocycles. The zero-order chi connectivity index (χ0) is 26.2. The van der Waals surface area contributed by atoms with Crippen molar-refractivity contribution in [3.63, 3.8) is 0 Å². The van der Waals surface area contributed by atoms with Gasteiger partial charge in [-0.3, -0.25) is 14.9 Å². The summed E-state index contributed by atoms with van der Waals surface area (Å²) in [5, 5.41) is 13.2. The number of nitrogens with one attached hydrogen (secondary N) is 2. The predicted molar refractivity (Wildman–Crippen MR) is 137 cm³/mol. The molecule has 0 saturated heterocycles. The van der Waals surface area contributed by atoms with Gasteiger partial charge in [0.1, 0.15) is 5.75 Å². The molecule has 2 N–H and O–H groups in total. The van der Waals surface area contributed by atoms with Crippen molar-refractivity contribution in [1.29, 1.82) is 0 Å². The van der Waals surface area contributed by atoms with Crippen LogP contribution in [0, 0.1) is 0 Å². The lowest BCUT2D eigenvalue weighted by Crippen LogP contribution is -2.15. The maximum Gasteiger partial charge on any atom is 0.322 e. The minimum absolute atomic E-state index is 0.0527. The van der Waals surface area contributed by atoms with Crippen molar-refractivity contribution in [2.24, 2.45) is 0 Å². The first-order valence-corrected chi connectivity index (χ1v) is 11.6. The van der Waals surface area contributed by atoms with Crippen LogP contribution in [0.2, 0.25) is 0 Å². The van der Waals surface area contributed by atoms with E-state index in [1.807, 2.05) is 13.8 Å². The lowest BCUT2D eigenvalue weighted by molar-refractivity contribution is 0.101. The number of carbonyl (C=O) groups excluding carboxylic acids is 2. The third kappa shape index (κ3) is 6.23. The fraction of sp³-hybridized carbons (Fsp3) is 0.185. The van der Waals surface area contributed by atoms with Crippen LogP contribution in [0.1, 0.15) is 34.6 Å². The monoisotopic (exact) mass is 502 g/mol. The Kier molecular flexibility index (Phi) is 7.99. The summed E-state index contributed by atoms with van der Waals surface area (Å²) in [5.74, 6) is 1.17. The number of amides is 2. The van der Waals surface area contributed by atoms with Gasteiger partial charge in [0, 0.05) is 22.4 Å². The van der Waals surface area contributed by atoms with Gasteiger partial charge in [0.2, 0.25) is 5.89 Å². The van der Waals surface area contributed by atoms with Gasteiger partial charge >= 0.3 is 6.01 Å². The highest BCUT2D eigenvalue weighted by molar-refractivity contribution is 6.07.